The van der Waals surface area contributed by atoms with Crippen LogP contribution in [0.1, 0.15) is 22.7 Å². The molecular formula is C27H24ClNO6. The van der Waals surface area contributed by atoms with Gasteiger partial charge in [-0.25, -0.2) is 0 Å². The van der Waals surface area contributed by atoms with E-state index in [9.17, 15) is 14.7 Å². The Labute approximate surface area is 208 Å². The average molecular weight is 494 g/mol. The normalized spacial score (nSPS) is 16.9. The summed E-state index contributed by atoms with van der Waals surface area (Å²) in [6.45, 7) is 1.91. The van der Waals surface area contributed by atoms with Gasteiger partial charge in [-0.2, -0.15) is 0 Å². The summed E-state index contributed by atoms with van der Waals surface area (Å²) in [5.74, 6) is -0.852. The molecule has 1 unspecified atom stereocenters. The molecule has 0 saturated carbocycles. The molecule has 35 heavy (non-hydrogen) atoms. The second kappa shape index (κ2) is 9.72. The monoisotopic (exact) mass is 493 g/mol. The van der Waals surface area contributed by atoms with Crippen LogP contribution in [0.25, 0.3) is 5.76 Å². The van der Waals surface area contributed by atoms with Gasteiger partial charge in [-0.3, -0.25) is 14.5 Å². The summed E-state index contributed by atoms with van der Waals surface area (Å²) in [4.78, 5) is 28.1. The zero-order valence-electron chi connectivity index (χ0n) is 19.7. The fourth-order valence-corrected chi connectivity index (χ4v) is 4.42. The summed E-state index contributed by atoms with van der Waals surface area (Å²) < 4.78 is 15.9. The molecule has 0 aliphatic carbocycles. The number of aliphatic hydroxyl groups excluding tert-OH is 1. The van der Waals surface area contributed by atoms with Crippen molar-refractivity contribution in [3.8, 4) is 17.2 Å². The molecule has 0 spiro atoms. The highest BCUT2D eigenvalue weighted by Gasteiger charge is 2.47. The minimum atomic E-state index is -0.880. The van der Waals surface area contributed by atoms with E-state index in [1.54, 1.807) is 31.4 Å². The number of carbonyl (C=O) groups is 2. The van der Waals surface area contributed by atoms with Crippen LogP contribution >= 0.6 is 11.6 Å². The number of ketones is 1. The first-order valence-corrected chi connectivity index (χ1v) is 11.1. The van der Waals surface area contributed by atoms with E-state index in [1.165, 1.54) is 31.3 Å². The zero-order valence-corrected chi connectivity index (χ0v) is 20.4. The largest absolute Gasteiger partial charge is 0.507 e. The first-order valence-electron chi connectivity index (χ1n) is 10.7. The fraction of sp³-hybridized carbons (Fsp3) is 0.185. The van der Waals surface area contributed by atoms with Crippen LogP contribution in [0.3, 0.4) is 0 Å². The van der Waals surface area contributed by atoms with Crippen LogP contribution in [-0.4, -0.2) is 38.1 Å². The van der Waals surface area contributed by atoms with Gasteiger partial charge in [0.05, 0.1) is 43.5 Å². The van der Waals surface area contributed by atoms with Gasteiger partial charge in [0.25, 0.3) is 11.7 Å². The third-order valence-electron chi connectivity index (χ3n) is 5.88. The molecule has 8 heteroatoms. The lowest BCUT2D eigenvalue weighted by Crippen LogP contribution is -2.29. The molecule has 3 aromatic carbocycles. The molecule has 1 aliphatic rings. The molecule has 1 fully saturated rings. The number of hydrogen-bond acceptors (Lipinski definition) is 6. The van der Waals surface area contributed by atoms with Crippen molar-refractivity contribution in [2.45, 2.75) is 13.0 Å². The maximum atomic E-state index is 13.4. The maximum absolute atomic E-state index is 13.4. The van der Waals surface area contributed by atoms with Crippen molar-refractivity contribution < 1.29 is 28.9 Å². The van der Waals surface area contributed by atoms with Gasteiger partial charge in [0, 0.05) is 11.8 Å². The average Bonchev–Trinajstić information content (AvgIpc) is 3.13. The summed E-state index contributed by atoms with van der Waals surface area (Å²) >= 11 is 6.22. The van der Waals surface area contributed by atoms with Crippen molar-refractivity contribution in [1.29, 1.82) is 0 Å². The molecule has 1 atom stereocenters. The Kier molecular flexibility index (Phi) is 6.71. The van der Waals surface area contributed by atoms with Crippen molar-refractivity contribution in [1.82, 2.24) is 0 Å². The fourth-order valence-electron chi connectivity index (χ4n) is 4.19. The number of carbonyl (C=O) groups excluding carboxylic acids is 2. The minimum absolute atomic E-state index is 0.0703. The van der Waals surface area contributed by atoms with Crippen LogP contribution in [0.5, 0.6) is 17.2 Å². The quantitative estimate of drug-likeness (QED) is 0.285. The number of hydrogen-bond donors (Lipinski definition) is 1. The van der Waals surface area contributed by atoms with Gasteiger partial charge in [0.2, 0.25) is 0 Å². The van der Waals surface area contributed by atoms with Crippen LogP contribution < -0.4 is 19.1 Å². The van der Waals surface area contributed by atoms with Crippen LogP contribution in [0.4, 0.5) is 5.69 Å². The van der Waals surface area contributed by atoms with Gasteiger partial charge in [-0.1, -0.05) is 41.4 Å². The number of rotatable bonds is 6. The van der Waals surface area contributed by atoms with Crippen molar-refractivity contribution >= 4 is 34.7 Å². The topological polar surface area (TPSA) is 85.3 Å². The van der Waals surface area contributed by atoms with E-state index in [0.717, 1.165) is 5.56 Å². The number of aryl methyl sites for hydroxylation is 1. The predicted octanol–water partition coefficient (Wildman–Crippen LogP) is 5.30. The lowest BCUT2D eigenvalue weighted by molar-refractivity contribution is -0.132. The van der Waals surface area contributed by atoms with Gasteiger partial charge in [-0.05, 0) is 42.8 Å². The Morgan fingerprint density at radius 3 is 2.20 bits per heavy atom. The van der Waals surface area contributed by atoms with Gasteiger partial charge < -0.3 is 19.3 Å². The lowest BCUT2D eigenvalue weighted by Gasteiger charge is -2.26. The predicted molar refractivity (Wildman–Crippen MR) is 134 cm³/mol. The zero-order chi connectivity index (χ0) is 25.3. The number of amides is 1. The van der Waals surface area contributed by atoms with E-state index in [1.807, 2.05) is 31.2 Å². The Bertz CT molecular complexity index is 1330. The highest BCUT2D eigenvalue weighted by molar-refractivity contribution is 6.51. The van der Waals surface area contributed by atoms with Crippen LogP contribution in [0.15, 0.2) is 66.2 Å². The number of Topliss-reactive ketones (excluding diaryl/α,β-unsaturated/α-hetero) is 1. The Morgan fingerprint density at radius 1 is 0.914 bits per heavy atom. The van der Waals surface area contributed by atoms with Gasteiger partial charge in [-0.15, -0.1) is 0 Å². The lowest BCUT2D eigenvalue weighted by atomic mass is 9.94. The first-order chi connectivity index (χ1) is 16.8. The molecule has 4 rings (SSSR count). The smallest absolute Gasteiger partial charge is 0.300 e. The third-order valence-corrected chi connectivity index (χ3v) is 6.18. The highest BCUT2D eigenvalue weighted by Crippen LogP contribution is 2.45. The highest BCUT2D eigenvalue weighted by atomic mass is 35.5. The van der Waals surface area contributed by atoms with Crippen molar-refractivity contribution in [2.75, 3.05) is 26.2 Å². The van der Waals surface area contributed by atoms with Gasteiger partial charge in [0.15, 0.2) is 0 Å². The molecule has 1 N–H and O–H groups in total. The second-order valence-corrected chi connectivity index (χ2v) is 8.38. The van der Waals surface area contributed by atoms with Crippen LogP contribution in [0.2, 0.25) is 5.02 Å². The number of methoxy groups -OCH3 is 3. The Morgan fingerprint density at radius 2 is 1.60 bits per heavy atom. The molecule has 0 radical (unpaired) electrons. The van der Waals surface area contributed by atoms with Crippen molar-refractivity contribution in [2.24, 2.45) is 0 Å². The maximum Gasteiger partial charge on any atom is 0.300 e. The van der Waals surface area contributed by atoms with Gasteiger partial charge in [0.1, 0.15) is 23.0 Å². The molecule has 7 nitrogen and oxygen atoms in total. The number of nitrogens with zero attached hydrogens (tertiary/aromatic N) is 1. The molecular weight excluding hydrogens is 470 g/mol. The SMILES string of the molecule is COc1ccc(N2C(=O)C(=O)/C(=C(/O)c3cc(OC)c(Cl)cc3OC)C2c2cccc(C)c2)cc1. The standard InChI is InChI=1S/C27H24ClNO6/c1-15-6-5-7-16(12-15)24-23(25(30)19-13-22(35-4)20(28)14-21(19)34-3)26(31)27(32)29(24)17-8-10-18(33-2)11-9-17/h5-14,24,30H,1-4H3/b25-23+. The number of benzene rings is 3. The molecule has 1 amide bonds. The van der Waals surface area contributed by atoms with Crippen LogP contribution in [-0.2, 0) is 9.59 Å². The summed E-state index contributed by atoms with van der Waals surface area (Å²) in [5, 5.41) is 11.7. The van der Waals surface area contributed by atoms with E-state index in [4.69, 9.17) is 25.8 Å². The molecule has 1 aliphatic heterocycles. The first kappa shape index (κ1) is 24.2. The second-order valence-electron chi connectivity index (χ2n) is 7.97. The summed E-state index contributed by atoms with van der Waals surface area (Å²) in [5.41, 5.74) is 2.20. The summed E-state index contributed by atoms with van der Waals surface area (Å²) in [7, 11) is 4.40. The van der Waals surface area contributed by atoms with Crippen LogP contribution in [0, 0.1) is 6.92 Å². The third kappa shape index (κ3) is 4.31. The number of halogens is 1. The van der Waals surface area contributed by atoms with E-state index in [-0.39, 0.29) is 27.7 Å². The van der Waals surface area contributed by atoms with Crippen molar-refractivity contribution in [3.05, 3.63) is 87.9 Å². The molecule has 1 heterocycles. The van der Waals surface area contributed by atoms with E-state index in [0.29, 0.717) is 17.0 Å². The number of ether oxygens (including phenoxy) is 3. The van der Waals surface area contributed by atoms with E-state index >= 15 is 0 Å². The van der Waals surface area contributed by atoms with Gasteiger partial charge >= 0.3 is 0 Å². The van der Waals surface area contributed by atoms with E-state index in [2.05, 4.69) is 0 Å². The molecule has 1 saturated heterocycles. The summed E-state index contributed by atoms with van der Waals surface area (Å²) in [6.07, 6.45) is 0. The molecule has 0 bridgehead atoms. The van der Waals surface area contributed by atoms with Crippen molar-refractivity contribution in [3.63, 3.8) is 0 Å². The number of aliphatic hydroxyl groups is 1. The molecule has 3 aromatic rings. The van der Waals surface area contributed by atoms with E-state index < -0.39 is 23.5 Å². The minimum Gasteiger partial charge on any atom is -0.507 e. The molecule has 180 valence electrons. The summed E-state index contributed by atoms with van der Waals surface area (Å²) in [6, 6.07) is 16.3. The Hall–Kier alpha value is -3.97. The number of anilines is 1. The molecule has 0 aromatic heterocycles. The Balaban J connectivity index is 1.98.